The zero-order valence-corrected chi connectivity index (χ0v) is 12.1. The number of rotatable bonds is 3. The normalized spacial score (nSPS) is 28.2. The van der Waals surface area contributed by atoms with Crippen LogP contribution in [0, 0.1) is 18.8 Å². The van der Waals surface area contributed by atoms with Crippen molar-refractivity contribution < 1.29 is 9.53 Å². The van der Waals surface area contributed by atoms with Gasteiger partial charge in [-0.1, -0.05) is 12.5 Å². The lowest BCUT2D eigenvalue weighted by Crippen LogP contribution is -2.39. The number of anilines is 1. The molecular weight excluding hydrogens is 252 g/mol. The summed E-state index contributed by atoms with van der Waals surface area (Å²) in [6, 6.07) is 5.79. The van der Waals surface area contributed by atoms with Gasteiger partial charge in [0.25, 0.3) is 0 Å². The zero-order chi connectivity index (χ0) is 14.1. The smallest absolute Gasteiger partial charge is 0.241 e. The topological polar surface area (TPSA) is 50.4 Å². The first-order chi connectivity index (χ1) is 9.69. The SMILES string of the molecule is COc1cc(C)ccc1NC(=O)C1NCC2CCCC21. The van der Waals surface area contributed by atoms with Gasteiger partial charge >= 0.3 is 0 Å². The molecule has 1 aromatic carbocycles. The van der Waals surface area contributed by atoms with Crippen LogP contribution in [-0.4, -0.2) is 25.6 Å². The van der Waals surface area contributed by atoms with Crippen molar-refractivity contribution in [2.24, 2.45) is 11.8 Å². The summed E-state index contributed by atoms with van der Waals surface area (Å²) < 4.78 is 5.34. The molecule has 0 aromatic heterocycles. The molecule has 1 heterocycles. The van der Waals surface area contributed by atoms with E-state index in [2.05, 4.69) is 10.6 Å². The number of hydrogen-bond acceptors (Lipinski definition) is 3. The Morgan fingerprint density at radius 3 is 3.05 bits per heavy atom. The van der Waals surface area contributed by atoms with Crippen LogP contribution < -0.4 is 15.4 Å². The highest BCUT2D eigenvalue weighted by molar-refractivity contribution is 5.96. The number of fused-ring (bicyclic) bond motifs is 1. The number of amides is 1. The van der Waals surface area contributed by atoms with E-state index >= 15 is 0 Å². The lowest BCUT2D eigenvalue weighted by molar-refractivity contribution is -0.118. The highest BCUT2D eigenvalue weighted by Crippen LogP contribution is 2.38. The molecule has 3 unspecified atom stereocenters. The van der Waals surface area contributed by atoms with Gasteiger partial charge < -0.3 is 15.4 Å². The number of nitrogens with one attached hydrogen (secondary N) is 2. The van der Waals surface area contributed by atoms with Crippen LogP contribution in [0.3, 0.4) is 0 Å². The summed E-state index contributed by atoms with van der Waals surface area (Å²) >= 11 is 0. The van der Waals surface area contributed by atoms with Crippen molar-refractivity contribution in [2.75, 3.05) is 19.0 Å². The van der Waals surface area contributed by atoms with Crippen LogP contribution in [0.15, 0.2) is 18.2 Å². The number of carbonyl (C=O) groups is 1. The van der Waals surface area contributed by atoms with Crippen molar-refractivity contribution in [3.8, 4) is 5.75 Å². The van der Waals surface area contributed by atoms with E-state index in [-0.39, 0.29) is 11.9 Å². The molecule has 2 aliphatic rings. The van der Waals surface area contributed by atoms with Gasteiger partial charge in [-0.3, -0.25) is 4.79 Å². The molecule has 2 fully saturated rings. The minimum Gasteiger partial charge on any atom is -0.495 e. The highest BCUT2D eigenvalue weighted by Gasteiger charge is 2.42. The second-order valence-electron chi connectivity index (χ2n) is 5.93. The molecule has 1 amide bonds. The maximum Gasteiger partial charge on any atom is 0.241 e. The van der Waals surface area contributed by atoms with Gasteiger partial charge in [0.1, 0.15) is 5.75 Å². The molecule has 0 bridgehead atoms. The first-order valence-corrected chi connectivity index (χ1v) is 7.38. The first-order valence-electron chi connectivity index (χ1n) is 7.38. The van der Waals surface area contributed by atoms with Crippen molar-refractivity contribution in [3.05, 3.63) is 23.8 Å². The van der Waals surface area contributed by atoms with Gasteiger partial charge in [0.15, 0.2) is 0 Å². The largest absolute Gasteiger partial charge is 0.495 e. The standard InChI is InChI=1S/C16H22N2O2/c1-10-6-7-13(14(8-10)20-2)18-16(19)15-12-5-3-4-11(12)9-17-15/h6-8,11-12,15,17H,3-5,9H2,1-2H3,(H,18,19). The van der Waals surface area contributed by atoms with Crippen molar-refractivity contribution >= 4 is 11.6 Å². The van der Waals surface area contributed by atoms with Crippen LogP contribution in [0.5, 0.6) is 5.75 Å². The van der Waals surface area contributed by atoms with Crippen LogP contribution in [0.4, 0.5) is 5.69 Å². The van der Waals surface area contributed by atoms with Crippen LogP contribution in [-0.2, 0) is 4.79 Å². The Morgan fingerprint density at radius 1 is 1.40 bits per heavy atom. The van der Waals surface area contributed by atoms with E-state index in [1.165, 1.54) is 19.3 Å². The molecule has 0 spiro atoms. The minimum atomic E-state index is -0.0477. The highest BCUT2D eigenvalue weighted by atomic mass is 16.5. The summed E-state index contributed by atoms with van der Waals surface area (Å²) in [5, 5.41) is 6.39. The minimum absolute atomic E-state index is 0.0477. The van der Waals surface area contributed by atoms with Crippen LogP contribution >= 0.6 is 0 Å². The van der Waals surface area contributed by atoms with Crippen molar-refractivity contribution in [1.82, 2.24) is 5.32 Å². The summed E-state index contributed by atoms with van der Waals surface area (Å²) in [5.74, 6) is 1.98. The molecule has 1 saturated carbocycles. The molecule has 4 heteroatoms. The second-order valence-corrected chi connectivity index (χ2v) is 5.93. The van der Waals surface area contributed by atoms with Crippen LogP contribution in [0.2, 0.25) is 0 Å². The lowest BCUT2D eigenvalue weighted by Gasteiger charge is -2.19. The van der Waals surface area contributed by atoms with Gasteiger partial charge in [-0.2, -0.15) is 0 Å². The third-order valence-corrected chi connectivity index (χ3v) is 4.64. The molecular formula is C16H22N2O2. The van der Waals surface area contributed by atoms with Crippen molar-refractivity contribution in [3.63, 3.8) is 0 Å². The Hall–Kier alpha value is -1.55. The summed E-state index contributed by atoms with van der Waals surface area (Å²) in [5.41, 5.74) is 1.88. The third kappa shape index (κ3) is 2.40. The first kappa shape index (κ1) is 13.4. The Bertz CT molecular complexity index is 515. The Kier molecular flexibility index (Phi) is 3.66. The molecule has 1 aliphatic heterocycles. The molecule has 0 radical (unpaired) electrons. The number of ether oxygens (including phenoxy) is 1. The van der Waals surface area contributed by atoms with Gasteiger partial charge in [-0.05, 0) is 55.8 Å². The summed E-state index contributed by atoms with van der Waals surface area (Å²) in [7, 11) is 1.63. The number of hydrogen-bond donors (Lipinski definition) is 2. The molecule has 3 rings (SSSR count). The molecule has 1 saturated heterocycles. The maximum atomic E-state index is 12.5. The van der Waals surface area contributed by atoms with Crippen LogP contribution in [0.1, 0.15) is 24.8 Å². The molecule has 108 valence electrons. The summed E-state index contributed by atoms with van der Waals surface area (Å²) in [6.07, 6.45) is 3.69. The monoisotopic (exact) mass is 274 g/mol. The lowest BCUT2D eigenvalue weighted by atomic mass is 9.93. The van der Waals surface area contributed by atoms with E-state index in [1.54, 1.807) is 7.11 Å². The maximum absolute atomic E-state index is 12.5. The predicted octanol–water partition coefficient (Wildman–Crippen LogP) is 2.33. The molecule has 2 N–H and O–H groups in total. The Morgan fingerprint density at radius 2 is 2.25 bits per heavy atom. The van der Waals surface area contributed by atoms with Gasteiger partial charge in [0, 0.05) is 0 Å². The van der Waals surface area contributed by atoms with E-state index in [0.717, 1.165) is 23.5 Å². The molecule has 1 aromatic rings. The fourth-order valence-electron chi connectivity index (χ4n) is 3.59. The molecule has 20 heavy (non-hydrogen) atoms. The summed E-state index contributed by atoms with van der Waals surface area (Å²) in [6.45, 7) is 2.99. The van der Waals surface area contributed by atoms with E-state index in [0.29, 0.717) is 11.8 Å². The fourth-order valence-corrected chi connectivity index (χ4v) is 3.59. The third-order valence-electron chi connectivity index (χ3n) is 4.64. The quantitative estimate of drug-likeness (QED) is 0.889. The van der Waals surface area contributed by atoms with Gasteiger partial charge in [0.05, 0.1) is 18.8 Å². The average molecular weight is 274 g/mol. The van der Waals surface area contributed by atoms with Gasteiger partial charge in [-0.25, -0.2) is 0 Å². The summed E-state index contributed by atoms with van der Waals surface area (Å²) in [4.78, 5) is 12.5. The zero-order valence-electron chi connectivity index (χ0n) is 12.1. The number of aryl methyl sites for hydroxylation is 1. The molecule has 3 atom stereocenters. The Balaban J connectivity index is 1.73. The number of carbonyl (C=O) groups excluding carboxylic acids is 1. The predicted molar refractivity (Wildman–Crippen MR) is 79.0 cm³/mol. The van der Waals surface area contributed by atoms with Crippen LogP contribution in [0.25, 0.3) is 0 Å². The second kappa shape index (κ2) is 5.44. The molecule has 4 nitrogen and oxygen atoms in total. The van der Waals surface area contributed by atoms with E-state index in [9.17, 15) is 4.79 Å². The number of benzene rings is 1. The van der Waals surface area contributed by atoms with Crippen molar-refractivity contribution in [2.45, 2.75) is 32.2 Å². The average Bonchev–Trinajstić information content (AvgIpc) is 3.03. The molecule has 1 aliphatic carbocycles. The number of methoxy groups -OCH3 is 1. The fraction of sp³-hybridized carbons (Fsp3) is 0.562. The van der Waals surface area contributed by atoms with E-state index < -0.39 is 0 Å². The van der Waals surface area contributed by atoms with Crippen molar-refractivity contribution in [1.29, 1.82) is 0 Å². The van der Waals surface area contributed by atoms with E-state index in [4.69, 9.17) is 4.74 Å². The van der Waals surface area contributed by atoms with Gasteiger partial charge in [0.2, 0.25) is 5.91 Å². The van der Waals surface area contributed by atoms with E-state index in [1.807, 2.05) is 25.1 Å². The van der Waals surface area contributed by atoms with Gasteiger partial charge in [-0.15, -0.1) is 0 Å². The Labute approximate surface area is 119 Å².